The molecule has 0 aliphatic carbocycles. The van der Waals surface area contributed by atoms with E-state index in [0.717, 1.165) is 24.4 Å². The van der Waals surface area contributed by atoms with Gasteiger partial charge in [0.05, 0.1) is 0 Å². The number of hydrogen-bond donors (Lipinski definition) is 1. The van der Waals surface area contributed by atoms with Crippen LogP contribution in [0.2, 0.25) is 0 Å². The Morgan fingerprint density at radius 1 is 1.16 bits per heavy atom. The van der Waals surface area contributed by atoms with Gasteiger partial charge in [-0.25, -0.2) is 0 Å². The summed E-state index contributed by atoms with van der Waals surface area (Å²) >= 11 is 0. The van der Waals surface area contributed by atoms with Crippen molar-refractivity contribution in [1.82, 2.24) is 9.80 Å². The van der Waals surface area contributed by atoms with Crippen molar-refractivity contribution in [1.29, 1.82) is 0 Å². The molecule has 0 radical (unpaired) electrons. The Morgan fingerprint density at radius 2 is 1.89 bits per heavy atom. The normalized spacial score (nSPS) is 31.4. The molecule has 0 aromatic rings. The summed E-state index contributed by atoms with van der Waals surface area (Å²) in [5, 5.41) is 0. The van der Waals surface area contributed by atoms with Gasteiger partial charge in [-0.3, -0.25) is 4.90 Å². The zero-order valence-corrected chi connectivity index (χ0v) is 13.1. The van der Waals surface area contributed by atoms with Crippen molar-refractivity contribution in [2.45, 2.75) is 58.0 Å². The SMILES string of the molecule is CCC(CC)C(CN)N1CCC2C(CCCN2C)C1. The van der Waals surface area contributed by atoms with Gasteiger partial charge < -0.3 is 10.6 Å². The fourth-order valence-corrected chi connectivity index (χ4v) is 4.45. The van der Waals surface area contributed by atoms with Crippen molar-refractivity contribution in [2.75, 3.05) is 33.2 Å². The maximum atomic E-state index is 6.10. The molecule has 3 atom stereocenters. The van der Waals surface area contributed by atoms with Gasteiger partial charge in [-0.2, -0.15) is 0 Å². The fourth-order valence-electron chi connectivity index (χ4n) is 4.45. The zero-order valence-electron chi connectivity index (χ0n) is 13.1. The summed E-state index contributed by atoms with van der Waals surface area (Å²) in [6.45, 7) is 9.31. The van der Waals surface area contributed by atoms with Crippen LogP contribution in [0.15, 0.2) is 0 Å². The summed E-state index contributed by atoms with van der Waals surface area (Å²) in [7, 11) is 2.31. The number of fused-ring (bicyclic) bond motifs is 1. The smallest absolute Gasteiger partial charge is 0.0246 e. The van der Waals surface area contributed by atoms with Gasteiger partial charge in [-0.1, -0.05) is 26.7 Å². The van der Waals surface area contributed by atoms with Crippen LogP contribution in [-0.2, 0) is 0 Å². The summed E-state index contributed by atoms with van der Waals surface area (Å²) < 4.78 is 0. The highest BCUT2D eigenvalue weighted by Gasteiger charge is 2.37. The largest absolute Gasteiger partial charge is 0.329 e. The first kappa shape index (κ1) is 15.3. The minimum absolute atomic E-state index is 0.614. The van der Waals surface area contributed by atoms with Crippen LogP contribution >= 0.6 is 0 Å². The summed E-state index contributed by atoms with van der Waals surface area (Å²) in [4.78, 5) is 5.32. The van der Waals surface area contributed by atoms with Gasteiger partial charge in [0.25, 0.3) is 0 Å². The van der Waals surface area contributed by atoms with E-state index in [1.54, 1.807) is 0 Å². The molecular weight excluding hydrogens is 234 g/mol. The van der Waals surface area contributed by atoms with Gasteiger partial charge in [0.2, 0.25) is 0 Å². The van der Waals surface area contributed by atoms with Crippen LogP contribution in [0.4, 0.5) is 0 Å². The molecule has 2 rings (SSSR count). The van der Waals surface area contributed by atoms with Crippen molar-refractivity contribution in [3.05, 3.63) is 0 Å². The van der Waals surface area contributed by atoms with E-state index in [2.05, 4.69) is 30.7 Å². The second-order valence-electron chi connectivity index (χ2n) is 6.61. The lowest BCUT2D eigenvalue weighted by molar-refractivity contribution is 0.00809. The second kappa shape index (κ2) is 7.05. The third-order valence-electron chi connectivity index (χ3n) is 5.68. The Balaban J connectivity index is 1.98. The van der Waals surface area contributed by atoms with E-state index in [4.69, 9.17) is 5.73 Å². The summed E-state index contributed by atoms with van der Waals surface area (Å²) in [6, 6.07) is 1.45. The first-order chi connectivity index (χ1) is 9.21. The van der Waals surface area contributed by atoms with E-state index in [9.17, 15) is 0 Å². The van der Waals surface area contributed by atoms with Crippen LogP contribution in [0, 0.1) is 11.8 Å². The molecule has 0 aromatic heterocycles. The molecule has 2 N–H and O–H groups in total. The van der Waals surface area contributed by atoms with Crippen LogP contribution in [0.1, 0.15) is 46.0 Å². The molecule has 2 saturated heterocycles. The Labute approximate surface area is 119 Å². The van der Waals surface area contributed by atoms with Crippen LogP contribution in [0.3, 0.4) is 0 Å². The molecule has 0 saturated carbocycles. The second-order valence-corrected chi connectivity index (χ2v) is 6.61. The van der Waals surface area contributed by atoms with E-state index >= 15 is 0 Å². The van der Waals surface area contributed by atoms with Crippen LogP contribution in [0.25, 0.3) is 0 Å². The quantitative estimate of drug-likeness (QED) is 0.828. The molecule has 19 heavy (non-hydrogen) atoms. The highest BCUT2D eigenvalue weighted by Crippen LogP contribution is 2.32. The van der Waals surface area contributed by atoms with E-state index in [0.29, 0.717) is 6.04 Å². The zero-order chi connectivity index (χ0) is 13.8. The topological polar surface area (TPSA) is 32.5 Å². The average molecular weight is 267 g/mol. The molecule has 2 heterocycles. The number of piperidine rings is 2. The third kappa shape index (κ3) is 3.32. The lowest BCUT2D eigenvalue weighted by Crippen LogP contribution is -2.57. The van der Waals surface area contributed by atoms with Gasteiger partial charge >= 0.3 is 0 Å². The number of nitrogens with zero attached hydrogens (tertiary/aromatic N) is 2. The molecule has 3 heteroatoms. The average Bonchev–Trinajstić information content (AvgIpc) is 2.44. The summed E-state index contributed by atoms with van der Waals surface area (Å²) in [6.07, 6.45) is 6.68. The van der Waals surface area contributed by atoms with Crippen LogP contribution in [0.5, 0.6) is 0 Å². The van der Waals surface area contributed by atoms with E-state index in [1.807, 2.05) is 0 Å². The molecular formula is C16H33N3. The van der Waals surface area contributed by atoms with Crippen molar-refractivity contribution >= 4 is 0 Å². The van der Waals surface area contributed by atoms with Crippen LogP contribution in [-0.4, -0.2) is 55.1 Å². The molecule has 0 aromatic carbocycles. The first-order valence-corrected chi connectivity index (χ1v) is 8.35. The van der Waals surface area contributed by atoms with Crippen molar-refractivity contribution in [2.24, 2.45) is 17.6 Å². The van der Waals surface area contributed by atoms with Gasteiger partial charge in [-0.05, 0) is 44.7 Å². The Hall–Kier alpha value is -0.120. The van der Waals surface area contributed by atoms with Crippen molar-refractivity contribution in [3.8, 4) is 0 Å². The standard InChI is InChI=1S/C16H33N3/c1-4-13(5-2)16(11-17)19-10-8-15-14(12-19)7-6-9-18(15)3/h13-16H,4-12,17H2,1-3H3. The van der Waals surface area contributed by atoms with E-state index in [-0.39, 0.29) is 0 Å². The molecule has 0 amide bonds. The lowest BCUT2D eigenvalue weighted by atomic mass is 9.82. The molecule has 0 spiro atoms. The fraction of sp³-hybridized carbons (Fsp3) is 1.00. The predicted octanol–water partition coefficient (Wildman–Crippen LogP) is 2.17. The highest BCUT2D eigenvalue weighted by atomic mass is 15.2. The summed E-state index contributed by atoms with van der Waals surface area (Å²) in [5.41, 5.74) is 6.10. The Kier molecular flexibility index (Phi) is 5.67. The molecule has 3 nitrogen and oxygen atoms in total. The van der Waals surface area contributed by atoms with Gasteiger partial charge in [-0.15, -0.1) is 0 Å². The van der Waals surface area contributed by atoms with Crippen molar-refractivity contribution < 1.29 is 0 Å². The number of likely N-dealkylation sites (tertiary alicyclic amines) is 2. The number of hydrogen-bond acceptors (Lipinski definition) is 3. The Morgan fingerprint density at radius 3 is 2.53 bits per heavy atom. The molecule has 2 fully saturated rings. The molecule has 2 aliphatic heterocycles. The lowest BCUT2D eigenvalue weighted by Gasteiger charge is -2.49. The van der Waals surface area contributed by atoms with Gasteiger partial charge in [0, 0.05) is 31.7 Å². The minimum atomic E-state index is 0.614. The summed E-state index contributed by atoms with van der Waals surface area (Å²) in [5.74, 6) is 1.67. The monoisotopic (exact) mass is 267 g/mol. The van der Waals surface area contributed by atoms with Crippen LogP contribution < -0.4 is 5.73 Å². The van der Waals surface area contributed by atoms with E-state index < -0.39 is 0 Å². The highest BCUT2D eigenvalue weighted by molar-refractivity contribution is 4.92. The number of rotatable bonds is 5. The molecule has 2 aliphatic rings. The number of nitrogens with two attached hydrogens (primary N) is 1. The maximum Gasteiger partial charge on any atom is 0.0246 e. The van der Waals surface area contributed by atoms with Gasteiger partial charge in [0.15, 0.2) is 0 Å². The maximum absolute atomic E-state index is 6.10. The molecule has 3 unspecified atom stereocenters. The minimum Gasteiger partial charge on any atom is -0.329 e. The van der Waals surface area contributed by atoms with E-state index in [1.165, 1.54) is 51.7 Å². The Bertz CT molecular complexity index is 265. The molecule has 112 valence electrons. The first-order valence-electron chi connectivity index (χ1n) is 8.35. The van der Waals surface area contributed by atoms with Crippen molar-refractivity contribution in [3.63, 3.8) is 0 Å². The third-order valence-corrected chi connectivity index (χ3v) is 5.68. The van der Waals surface area contributed by atoms with Gasteiger partial charge in [0.1, 0.15) is 0 Å². The predicted molar refractivity (Wildman–Crippen MR) is 82.2 cm³/mol. The molecule has 0 bridgehead atoms.